The van der Waals surface area contributed by atoms with Crippen LogP contribution in [0, 0.1) is 17.2 Å². The van der Waals surface area contributed by atoms with Gasteiger partial charge in [0.25, 0.3) is 0 Å². The van der Waals surface area contributed by atoms with Crippen LogP contribution >= 0.6 is 0 Å². The molecule has 0 aromatic heterocycles. The number of nitriles is 1. The molecule has 0 aliphatic rings. The van der Waals surface area contributed by atoms with E-state index in [9.17, 15) is 39.5 Å². The Bertz CT molecular complexity index is 602. The third-order valence-corrected chi connectivity index (χ3v) is 3.52. The number of rotatable bonds is 7. The van der Waals surface area contributed by atoms with Gasteiger partial charge in [0.15, 0.2) is 0 Å². The normalized spacial score (nSPS) is 14.9. The quantitative estimate of drug-likeness (QED) is 0.566. The van der Waals surface area contributed by atoms with E-state index in [4.69, 9.17) is 5.26 Å². The third-order valence-electron chi connectivity index (χ3n) is 3.52. The maximum absolute atomic E-state index is 13.5. The molecule has 0 aliphatic carbocycles. The second-order valence-corrected chi connectivity index (χ2v) is 5.41. The first-order chi connectivity index (χ1) is 11.3. The van der Waals surface area contributed by atoms with Crippen molar-refractivity contribution in [3.63, 3.8) is 0 Å². The third kappa shape index (κ3) is 4.38. The first-order valence-corrected chi connectivity index (χ1v) is 6.90. The molecule has 0 bridgehead atoms. The fourth-order valence-corrected chi connectivity index (χ4v) is 2.04. The van der Waals surface area contributed by atoms with Crippen molar-refractivity contribution in [3.8, 4) is 6.07 Å². The van der Waals surface area contributed by atoms with Gasteiger partial charge >= 0.3 is 23.9 Å². The molecule has 1 nitrogen and oxygen atoms in total. The van der Waals surface area contributed by atoms with E-state index in [1.54, 1.807) is 30.3 Å². The van der Waals surface area contributed by atoms with Gasteiger partial charge in [-0.2, -0.15) is 44.8 Å². The Kier molecular flexibility index (Phi) is 6.03. The summed E-state index contributed by atoms with van der Waals surface area (Å²) in [5, 5.41) is 8.76. The SMILES string of the molecule is N#CC(CCc1ccccc1)CC(F)(F)C(F)(F)C(F)(F)C(F)(F)F. The number of alkyl halides is 9. The smallest absolute Gasteiger partial charge is 0.200 e. The minimum Gasteiger partial charge on any atom is -0.200 e. The van der Waals surface area contributed by atoms with Crippen LogP contribution in [-0.2, 0) is 6.42 Å². The minimum absolute atomic E-state index is 0.00359. The predicted octanol–water partition coefficient (Wildman–Crippen LogP) is 5.62. The van der Waals surface area contributed by atoms with Crippen molar-refractivity contribution in [2.45, 2.75) is 43.2 Å². The first-order valence-electron chi connectivity index (χ1n) is 6.90. The van der Waals surface area contributed by atoms with Gasteiger partial charge in [-0.3, -0.25) is 0 Å². The van der Waals surface area contributed by atoms with Crippen LogP contribution in [0.4, 0.5) is 39.5 Å². The summed E-state index contributed by atoms with van der Waals surface area (Å²) in [7, 11) is 0. The Morgan fingerprint density at radius 3 is 1.80 bits per heavy atom. The van der Waals surface area contributed by atoms with Crippen molar-refractivity contribution >= 4 is 0 Å². The molecule has 1 aromatic carbocycles. The average Bonchev–Trinajstić information content (AvgIpc) is 2.50. The number of hydrogen-bond acceptors (Lipinski definition) is 1. The van der Waals surface area contributed by atoms with Gasteiger partial charge in [-0.1, -0.05) is 30.3 Å². The largest absolute Gasteiger partial charge is 0.460 e. The zero-order valence-corrected chi connectivity index (χ0v) is 12.4. The fraction of sp³-hybridized carbons (Fsp3) is 0.533. The zero-order valence-electron chi connectivity index (χ0n) is 12.4. The van der Waals surface area contributed by atoms with E-state index >= 15 is 0 Å². The van der Waals surface area contributed by atoms with Crippen LogP contribution in [0.3, 0.4) is 0 Å². The van der Waals surface area contributed by atoms with Crippen LogP contribution < -0.4 is 0 Å². The van der Waals surface area contributed by atoms with Gasteiger partial charge in [-0.15, -0.1) is 0 Å². The first kappa shape index (κ1) is 21.1. The highest BCUT2D eigenvalue weighted by Gasteiger charge is 2.81. The molecule has 0 radical (unpaired) electrons. The molecule has 0 heterocycles. The van der Waals surface area contributed by atoms with Gasteiger partial charge in [-0.05, 0) is 18.4 Å². The molecule has 140 valence electrons. The lowest BCUT2D eigenvalue weighted by molar-refractivity contribution is -0.397. The summed E-state index contributed by atoms with van der Waals surface area (Å²) in [4.78, 5) is 0. The van der Waals surface area contributed by atoms with Crippen LogP contribution in [-0.4, -0.2) is 23.9 Å². The molecule has 0 spiro atoms. The van der Waals surface area contributed by atoms with Crippen molar-refractivity contribution in [2.75, 3.05) is 0 Å². The topological polar surface area (TPSA) is 23.8 Å². The predicted molar refractivity (Wildman–Crippen MR) is 69.4 cm³/mol. The summed E-state index contributed by atoms with van der Waals surface area (Å²) in [6.07, 6.45) is -9.37. The van der Waals surface area contributed by atoms with Crippen LogP contribution in [0.15, 0.2) is 30.3 Å². The second-order valence-electron chi connectivity index (χ2n) is 5.41. The number of hydrogen-bond donors (Lipinski definition) is 0. The number of benzene rings is 1. The van der Waals surface area contributed by atoms with Crippen LogP contribution in [0.1, 0.15) is 18.4 Å². The maximum atomic E-state index is 13.5. The Labute approximate surface area is 137 Å². The maximum Gasteiger partial charge on any atom is 0.460 e. The molecular weight excluding hydrogens is 365 g/mol. The molecule has 1 aromatic rings. The summed E-state index contributed by atoms with van der Waals surface area (Å²) in [6, 6.07) is 9.17. The van der Waals surface area contributed by atoms with E-state index in [-0.39, 0.29) is 6.42 Å². The molecule has 0 amide bonds. The van der Waals surface area contributed by atoms with Crippen LogP contribution in [0.5, 0.6) is 0 Å². The van der Waals surface area contributed by atoms with E-state index in [1.165, 1.54) is 6.07 Å². The van der Waals surface area contributed by atoms with Gasteiger partial charge in [-0.25, -0.2) is 0 Å². The summed E-state index contributed by atoms with van der Waals surface area (Å²) >= 11 is 0. The van der Waals surface area contributed by atoms with E-state index in [0.29, 0.717) is 5.56 Å². The molecule has 10 heteroatoms. The van der Waals surface area contributed by atoms with E-state index in [0.717, 1.165) is 0 Å². The van der Waals surface area contributed by atoms with Crippen LogP contribution in [0.25, 0.3) is 0 Å². The lowest BCUT2D eigenvalue weighted by atomic mass is 9.90. The Morgan fingerprint density at radius 2 is 1.36 bits per heavy atom. The van der Waals surface area contributed by atoms with E-state index < -0.39 is 42.7 Å². The molecule has 25 heavy (non-hydrogen) atoms. The highest BCUT2D eigenvalue weighted by molar-refractivity contribution is 5.15. The molecule has 0 saturated heterocycles. The van der Waals surface area contributed by atoms with Crippen molar-refractivity contribution in [1.82, 2.24) is 0 Å². The Morgan fingerprint density at radius 1 is 0.840 bits per heavy atom. The molecular formula is C15H12F9N. The number of aryl methyl sites for hydroxylation is 1. The Hall–Kier alpha value is -1.92. The second kappa shape index (κ2) is 7.14. The summed E-state index contributed by atoms with van der Waals surface area (Å²) in [5.41, 5.74) is 0.568. The molecule has 1 atom stereocenters. The highest BCUT2D eigenvalue weighted by Crippen LogP contribution is 2.54. The fourth-order valence-electron chi connectivity index (χ4n) is 2.04. The number of nitrogens with zero attached hydrogens (tertiary/aromatic N) is 1. The summed E-state index contributed by atoms with van der Waals surface area (Å²) in [5.74, 6) is -21.2. The lowest BCUT2D eigenvalue weighted by Gasteiger charge is -2.34. The van der Waals surface area contributed by atoms with Crippen molar-refractivity contribution in [3.05, 3.63) is 35.9 Å². The van der Waals surface area contributed by atoms with Gasteiger partial charge in [0.05, 0.1) is 12.0 Å². The molecule has 1 unspecified atom stereocenters. The summed E-state index contributed by atoms with van der Waals surface area (Å²) in [6.45, 7) is 0. The van der Waals surface area contributed by atoms with Crippen molar-refractivity contribution < 1.29 is 39.5 Å². The van der Waals surface area contributed by atoms with Gasteiger partial charge < -0.3 is 0 Å². The van der Waals surface area contributed by atoms with Gasteiger partial charge in [0.2, 0.25) is 0 Å². The van der Waals surface area contributed by atoms with Crippen molar-refractivity contribution in [1.29, 1.82) is 5.26 Å². The molecule has 0 N–H and O–H groups in total. The lowest BCUT2D eigenvalue weighted by Crippen LogP contribution is -2.61. The van der Waals surface area contributed by atoms with E-state index in [1.807, 2.05) is 0 Å². The van der Waals surface area contributed by atoms with Gasteiger partial charge in [0.1, 0.15) is 0 Å². The highest BCUT2D eigenvalue weighted by atomic mass is 19.4. The van der Waals surface area contributed by atoms with Gasteiger partial charge in [0, 0.05) is 6.42 Å². The Balaban J connectivity index is 2.91. The molecule has 0 fully saturated rings. The molecule has 0 saturated carbocycles. The monoisotopic (exact) mass is 377 g/mol. The van der Waals surface area contributed by atoms with Crippen LogP contribution in [0.2, 0.25) is 0 Å². The molecule has 1 rings (SSSR count). The molecule has 0 aliphatic heterocycles. The van der Waals surface area contributed by atoms with Crippen molar-refractivity contribution in [2.24, 2.45) is 5.92 Å². The minimum atomic E-state index is -6.93. The standard InChI is InChI=1S/C15H12F9N/c16-12(17,13(18,19)14(20,21)15(22,23)24)8-11(9-25)7-6-10-4-2-1-3-5-10/h1-5,11H,6-8H2. The zero-order chi connectivity index (χ0) is 19.5. The average molecular weight is 377 g/mol. The summed E-state index contributed by atoms with van der Waals surface area (Å²) < 4.78 is 115. The van der Waals surface area contributed by atoms with E-state index in [2.05, 4.69) is 0 Å². The number of halogens is 9.